The largest absolute Gasteiger partial charge is 0.467 e. The Morgan fingerprint density at radius 1 is 1.69 bits per heavy atom. The molecule has 0 aliphatic heterocycles. The van der Waals surface area contributed by atoms with E-state index in [0.717, 1.165) is 12.0 Å². The van der Waals surface area contributed by atoms with E-state index in [1.54, 1.807) is 34.7 Å². The van der Waals surface area contributed by atoms with Crippen LogP contribution in [0.25, 0.3) is 0 Å². The number of esters is 1. The smallest absolute Gasteiger partial charge is 0.328 e. The van der Waals surface area contributed by atoms with Gasteiger partial charge in [0.1, 0.15) is 6.04 Å². The van der Waals surface area contributed by atoms with Crippen LogP contribution in [-0.2, 0) is 9.53 Å². The van der Waals surface area contributed by atoms with Gasteiger partial charge in [-0.1, -0.05) is 0 Å². The first-order valence-corrected chi connectivity index (χ1v) is 6.32. The molecule has 4 nitrogen and oxygen atoms in total. The lowest BCUT2D eigenvalue weighted by molar-refractivity contribution is -0.144. The van der Waals surface area contributed by atoms with Crippen molar-refractivity contribution in [3.05, 3.63) is 24.0 Å². The van der Waals surface area contributed by atoms with Crippen molar-refractivity contribution in [1.82, 2.24) is 4.57 Å². The van der Waals surface area contributed by atoms with Crippen molar-refractivity contribution in [1.29, 1.82) is 0 Å². The molecule has 16 heavy (non-hydrogen) atoms. The van der Waals surface area contributed by atoms with Gasteiger partial charge in [0.05, 0.1) is 12.8 Å². The molecule has 0 bridgehead atoms. The maximum absolute atomic E-state index is 11.6. The van der Waals surface area contributed by atoms with Crippen LogP contribution in [0.3, 0.4) is 0 Å². The summed E-state index contributed by atoms with van der Waals surface area (Å²) < 4.78 is 6.41. The molecule has 0 radical (unpaired) electrons. The average Bonchev–Trinajstić information content (AvgIpc) is 2.77. The highest BCUT2D eigenvalue weighted by Crippen LogP contribution is 2.18. The molecule has 0 fully saturated rings. The molecule has 0 spiro atoms. The van der Waals surface area contributed by atoms with Crippen molar-refractivity contribution in [3.63, 3.8) is 0 Å². The number of carbonyl (C=O) groups excluding carboxylic acids is 2. The Morgan fingerprint density at radius 3 is 3.00 bits per heavy atom. The fraction of sp³-hybridized carbons (Fsp3) is 0.455. The van der Waals surface area contributed by atoms with E-state index in [0.29, 0.717) is 12.1 Å². The van der Waals surface area contributed by atoms with Gasteiger partial charge >= 0.3 is 5.97 Å². The van der Waals surface area contributed by atoms with E-state index >= 15 is 0 Å². The van der Waals surface area contributed by atoms with Gasteiger partial charge in [0, 0.05) is 6.20 Å². The van der Waals surface area contributed by atoms with Gasteiger partial charge in [-0.25, -0.2) is 4.79 Å². The van der Waals surface area contributed by atoms with Gasteiger partial charge in [0.15, 0.2) is 6.29 Å². The Kier molecular flexibility index (Phi) is 5.11. The summed E-state index contributed by atoms with van der Waals surface area (Å²) in [5.41, 5.74) is 0.497. The number of ether oxygens (including phenoxy) is 1. The van der Waals surface area contributed by atoms with Crippen LogP contribution < -0.4 is 0 Å². The number of nitrogens with zero attached hydrogens (tertiary/aromatic N) is 1. The van der Waals surface area contributed by atoms with Gasteiger partial charge in [-0.15, -0.1) is 0 Å². The number of aromatic nitrogens is 1. The zero-order valence-corrected chi connectivity index (χ0v) is 10.2. The lowest BCUT2D eigenvalue weighted by Crippen LogP contribution is -2.22. The van der Waals surface area contributed by atoms with E-state index in [4.69, 9.17) is 4.74 Å². The van der Waals surface area contributed by atoms with E-state index in [1.165, 1.54) is 7.11 Å². The van der Waals surface area contributed by atoms with E-state index < -0.39 is 6.04 Å². The van der Waals surface area contributed by atoms with E-state index in [-0.39, 0.29) is 5.97 Å². The monoisotopic (exact) mass is 241 g/mol. The number of rotatable bonds is 6. The molecule has 0 aliphatic rings. The highest BCUT2D eigenvalue weighted by Gasteiger charge is 2.21. The summed E-state index contributed by atoms with van der Waals surface area (Å²) in [6.45, 7) is 0. The van der Waals surface area contributed by atoms with Crippen LogP contribution in [-0.4, -0.2) is 35.9 Å². The Bertz CT molecular complexity index is 362. The molecule has 1 aromatic rings. The number of methoxy groups -OCH3 is 1. The van der Waals surface area contributed by atoms with Crippen LogP contribution in [0.1, 0.15) is 23.0 Å². The van der Waals surface area contributed by atoms with Crippen molar-refractivity contribution in [2.45, 2.75) is 12.5 Å². The minimum atomic E-state index is -0.410. The molecule has 0 unspecified atom stereocenters. The van der Waals surface area contributed by atoms with Crippen LogP contribution in [0.5, 0.6) is 0 Å². The quantitative estimate of drug-likeness (QED) is 0.562. The molecule has 0 saturated heterocycles. The predicted octanol–water partition coefficient (Wildman–Crippen LogP) is 1.77. The Balaban J connectivity index is 2.91. The number of thioether (sulfide) groups is 1. The third-order valence-corrected chi connectivity index (χ3v) is 2.98. The van der Waals surface area contributed by atoms with Gasteiger partial charge in [0.25, 0.3) is 0 Å². The molecule has 0 aromatic carbocycles. The van der Waals surface area contributed by atoms with E-state index in [9.17, 15) is 9.59 Å². The fourth-order valence-corrected chi connectivity index (χ4v) is 1.99. The molecular formula is C11H15NO3S. The average molecular weight is 241 g/mol. The third-order valence-electron chi connectivity index (χ3n) is 2.34. The molecule has 5 heteroatoms. The minimum absolute atomic E-state index is 0.312. The highest BCUT2D eigenvalue weighted by molar-refractivity contribution is 7.98. The van der Waals surface area contributed by atoms with Gasteiger partial charge in [-0.05, 0) is 30.6 Å². The third kappa shape index (κ3) is 2.88. The predicted molar refractivity (Wildman–Crippen MR) is 63.9 cm³/mol. The van der Waals surface area contributed by atoms with Crippen LogP contribution >= 0.6 is 11.8 Å². The molecule has 0 amide bonds. The van der Waals surface area contributed by atoms with Crippen molar-refractivity contribution in [3.8, 4) is 0 Å². The molecule has 1 atom stereocenters. The summed E-state index contributed by atoms with van der Waals surface area (Å²) in [7, 11) is 1.36. The summed E-state index contributed by atoms with van der Waals surface area (Å²) in [6, 6.07) is 3.02. The Labute approximate surface area is 99.0 Å². The number of hydrogen-bond acceptors (Lipinski definition) is 4. The topological polar surface area (TPSA) is 48.3 Å². The first-order chi connectivity index (χ1) is 7.74. The summed E-state index contributed by atoms with van der Waals surface area (Å²) >= 11 is 1.66. The van der Waals surface area contributed by atoms with Crippen LogP contribution in [0.4, 0.5) is 0 Å². The molecule has 0 saturated carbocycles. The maximum atomic E-state index is 11.6. The van der Waals surface area contributed by atoms with Crippen LogP contribution in [0.15, 0.2) is 18.3 Å². The van der Waals surface area contributed by atoms with E-state index in [1.807, 2.05) is 6.26 Å². The van der Waals surface area contributed by atoms with Crippen molar-refractivity contribution in [2.24, 2.45) is 0 Å². The molecule has 1 heterocycles. The first kappa shape index (κ1) is 12.8. The lowest BCUT2D eigenvalue weighted by atomic mass is 10.2. The summed E-state index contributed by atoms with van der Waals surface area (Å²) in [6.07, 6.45) is 5.11. The van der Waals surface area contributed by atoms with Crippen LogP contribution in [0, 0.1) is 0 Å². The molecule has 0 aliphatic carbocycles. The van der Waals surface area contributed by atoms with E-state index in [2.05, 4.69) is 0 Å². The molecule has 1 aromatic heterocycles. The highest BCUT2D eigenvalue weighted by atomic mass is 32.2. The Morgan fingerprint density at radius 2 is 2.44 bits per heavy atom. The Hall–Kier alpha value is -1.23. The summed E-state index contributed by atoms with van der Waals surface area (Å²) in [5.74, 6) is 0.532. The SMILES string of the molecule is COC(=O)[C@H](CCSC)n1cccc1C=O. The zero-order valence-electron chi connectivity index (χ0n) is 9.38. The molecular weight excluding hydrogens is 226 g/mol. The zero-order chi connectivity index (χ0) is 12.0. The van der Waals surface area contributed by atoms with Crippen molar-refractivity contribution >= 4 is 24.0 Å². The van der Waals surface area contributed by atoms with Crippen molar-refractivity contribution < 1.29 is 14.3 Å². The van der Waals surface area contributed by atoms with Gasteiger partial charge < -0.3 is 9.30 Å². The molecule has 0 N–H and O–H groups in total. The number of aldehydes is 1. The number of carbonyl (C=O) groups is 2. The normalized spacial score (nSPS) is 12.1. The fourth-order valence-electron chi connectivity index (χ4n) is 1.53. The van der Waals surface area contributed by atoms with Gasteiger partial charge in [0.2, 0.25) is 0 Å². The van der Waals surface area contributed by atoms with Gasteiger partial charge in [-0.3, -0.25) is 4.79 Å². The molecule has 88 valence electrons. The maximum Gasteiger partial charge on any atom is 0.328 e. The molecule has 1 rings (SSSR count). The lowest BCUT2D eigenvalue weighted by Gasteiger charge is -2.17. The van der Waals surface area contributed by atoms with Crippen molar-refractivity contribution in [2.75, 3.05) is 19.1 Å². The minimum Gasteiger partial charge on any atom is -0.467 e. The summed E-state index contributed by atoms with van der Waals surface area (Å²) in [4.78, 5) is 22.4. The van der Waals surface area contributed by atoms with Gasteiger partial charge in [-0.2, -0.15) is 11.8 Å². The first-order valence-electron chi connectivity index (χ1n) is 4.93. The standard InChI is InChI=1S/C11H15NO3S/c1-15-11(14)10(5-7-16-2)12-6-3-4-9(12)8-13/h3-4,6,8,10H,5,7H2,1-2H3/t10-/m0/s1. The summed E-state index contributed by atoms with van der Waals surface area (Å²) in [5, 5.41) is 0. The second kappa shape index (κ2) is 6.37. The second-order valence-electron chi connectivity index (χ2n) is 3.28. The van der Waals surface area contributed by atoms with Crippen LogP contribution in [0.2, 0.25) is 0 Å². The number of hydrogen-bond donors (Lipinski definition) is 0. The second-order valence-corrected chi connectivity index (χ2v) is 4.26.